The Morgan fingerprint density at radius 2 is 1.81 bits per heavy atom. The number of nitrogens with one attached hydrogen (secondary N) is 1. The normalized spacial score (nSPS) is 27.6. The number of ether oxygens (including phenoxy) is 1. The van der Waals surface area contributed by atoms with E-state index in [9.17, 15) is 9.90 Å². The van der Waals surface area contributed by atoms with Crippen LogP contribution in [0.5, 0.6) is 5.75 Å². The highest BCUT2D eigenvalue weighted by molar-refractivity contribution is 5.97. The van der Waals surface area contributed by atoms with Crippen LogP contribution in [0, 0.1) is 0 Å². The van der Waals surface area contributed by atoms with Crippen molar-refractivity contribution in [2.24, 2.45) is 4.99 Å². The molecule has 2 N–H and O–H groups in total. The standard InChI is InChI=1S/C29H38N4O3/c1-30-19-22-10-11-24(25(18-22)36-3)32-20-27(33(26(32)34)21-28(35)12-7-13-28)14-16-29(31-2,17-15-27)23-8-5-4-6-9-23/h4-6,8-11,18-19,31,35H,7,12-17,20-21H2,1-3H3/b30-19-/t27-,29+. The van der Waals surface area contributed by atoms with E-state index >= 15 is 0 Å². The van der Waals surface area contributed by atoms with Crippen LogP contribution in [0.15, 0.2) is 53.5 Å². The highest BCUT2D eigenvalue weighted by atomic mass is 16.5. The van der Waals surface area contributed by atoms with Gasteiger partial charge in [0.1, 0.15) is 5.75 Å². The molecule has 0 bridgehead atoms. The second kappa shape index (κ2) is 9.52. The average Bonchev–Trinajstić information content (AvgIpc) is 3.15. The van der Waals surface area contributed by atoms with Crippen LogP contribution >= 0.6 is 0 Å². The molecule has 0 unspecified atom stereocenters. The van der Waals surface area contributed by atoms with Gasteiger partial charge in [0.05, 0.1) is 37.0 Å². The lowest BCUT2D eigenvalue weighted by Gasteiger charge is -2.50. The molecule has 3 aliphatic rings. The van der Waals surface area contributed by atoms with Gasteiger partial charge in [-0.1, -0.05) is 36.4 Å². The number of amides is 2. The van der Waals surface area contributed by atoms with E-state index < -0.39 is 5.60 Å². The number of benzene rings is 2. The smallest absolute Gasteiger partial charge is 0.325 e. The first-order chi connectivity index (χ1) is 17.4. The van der Waals surface area contributed by atoms with Crippen molar-refractivity contribution in [3.05, 3.63) is 59.7 Å². The van der Waals surface area contributed by atoms with Crippen molar-refractivity contribution in [3.63, 3.8) is 0 Å². The van der Waals surface area contributed by atoms with Crippen LogP contribution in [0.1, 0.15) is 56.1 Å². The van der Waals surface area contributed by atoms with Crippen molar-refractivity contribution in [1.82, 2.24) is 10.2 Å². The Morgan fingerprint density at radius 1 is 1.08 bits per heavy atom. The fourth-order valence-electron chi connectivity index (χ4n) is 6.41. The monoisotopic (exact) mass is 490 g/mol. The molecule has 2 aliphatic carbocycles. The van der Waals surface area contributed by atoms with Gasteiger partial charge in [0.25, 0.3) is 0 Å². The number of urea groups is 1. The third kappa shape index (κ3) is 4.18. The summed E-state index contributed by atoms with van der Waals surface area (Å²) in [5, 5.41) is 14.7. The zero-order chi connectivity index (χ0) is 25.4. The lowest BCUT2D eigenvalue weighted by Crippen LogP contribution is -2.59. The summed E-state index contributed by atoms with van der Waals surface area (Å²) in [6.45, 7) is 0.983. The molecule has 3 fully saturated rings. The van der Waals surface area contributed by atoms with E-state index in [1.165, 1.54) is 5.56 Å². The number of β-amino-alcohol motifs (C(OH)–C–C–N with tert-alkyl or cyclic N) is 1. The number of hydrogen-bond acceptors (Lipinski definition) is 5. The van der Waals surface area contributed by atoms with Crippen LogP contribution in [0.3, 0.4) is 0 Å². The van der Waals surface area contributed by atoms with Crippen LogP contribution in [-0.4, -0.2) is 67.7 Å². The molecule has 1 aliphatic heterocycles. The maximum atomic E-state index is 14.0. The molecule has 7 nitrogen and oxygen atoms in total. The maximum absolute atomic E-state index is 14.0. The summed E-state index contributed by atoms with van der Waals surface area (Å²) >= 11 is 0. The van der Waals surface area contributed by atoms with Crippen molar-refractivity contribution >= 4 is 17.9 Å². The Balaban J connectivity index is 1.48. The van der Waals surface area contributed by atoms with Gasteiger partial charge in [-0.25, -0.2) is 4.79 Å². The van der Waals surface area contributed by atoms with Crippen molar-refractivity contribution in [1.29, 1.82) is 0 Å². The van der Waals surface area contributed by atoms with Crippen molar-refractivity contribution < 1.29 is 14.6 Å². The predicted molar refractivity (Wildman–Crippen MR) is 143 cm³/mol. The minimum absolute atomic E-state index is 0.0396. The molecule has 7 heteroatoms. The summed E-state index contributed by atoms with van der Waals surface area (Å²) in [7, 11) is 5.41. The van der Waals surface area contributed by atoms with Gasteiger partial charge in [0.15, 0.2) is 0 Å². The molecule has 2 amide bonds. The zero-order valence-corrected chi connectivity index (χ0v) is 21.7. The third-order valence-electron chi connectivity index (χ3n) is 8.84. The van der Waals surface area contributed by atoms with Gasteiger partial charge in [0.2, 0.25) is 0 Å². The first-order valence-corrected chi connectivity index (χ1v) is 13.0. The largest absolute Gasteiger partial charge is 0.495 e. The van der Waals surface area contributed by atoms with E-state index in [0.717, 1.165) is 56.2 Å². The maximum Gasteiger partial charge on any atom is 0.325 e. The van der Waals surface area contributed by atoms with Gasteiger partial charge in [-0.3, -0.25) is 9.89 Å². The minimum Gasteiger partial charge on any atom is -0.495 e. The van der Waals surface area contributed by atoms with Crippen molar-refractivity contribution in [2.45, 2.75) is 61.6 Å². The molecule has 1 spiro atoms. The first-order valence-electron chi connectivity index (χ1n) is 13.0. The Morgan fingerprint density at radius 3 is 2.39 bits per heavy atom. The van der Waals surface area contributed by atoms with E-state index in [2.05, 4.69) is 40.6 Å². The molecule has 2 aromatic carbocycles. The summed E-state index contributed by atoms with van der Waals surface area (Å²) in [5.74, 6) is 0.657. The van der Waals surface area contributed by atoms with Gasteiger partial charge in [-0.2, -0.15) is 0 Å². The Labute approximate surface area is 214 Å². The second-order valence-electron chi connectivity index (χ2n) is 10.8. The van der Waals surface area contributed by atoms with Crippen LogP contribution in [0.4, 0.5) is 10.5 Å². The number of aliphatic imine (C=N–C) groups is 1. The van der Waals surface area contributed by atoms with Crippen LogP contribution < -0.4 is 15.0 Å². The van der Waals surface area contributed by atoms with Crippen molar-refractivity contribution in [3.8, 4) is 5.75 Å². The fourth-order valence-corrected chi connectivity index (χ4v) is 6.41. The second-order valence-corrected chi connectivity index (χ2v) is 10.8. The number of carbonyl (C=O) groups is 1. The summed E-state index contributed by atoms with van der Waals surface area (Å²) in [6.07, 6.45) is 7.88. The van der Waals surface area contributed by atoms with E-state index in [-0.39, 0.29) is 17.1 Å². The molecule has 5 rings (SSSR count). The molecular weight excluding hydrogens is 452 g/mol. The number of nitrogens with zero attached hydrogens (tertiary/aromatic N) is 3. The molecule has 192 valence electrons. The number of carbonyl (C=O) groups excluding carboxylic acids is 1. The first kappa shape index (κ1) is 24.8. The van der Waals surface area contributed by atoms with E-state index in [1.54, 1.807) is 20.4 Å². The summed E-state index contributed by atoms with van der Waals surface area (Å²) < 4.78 is 5.71. The fraction of sp³-hybridized carbons (Fsp3) is 0.517. The van der Waals surface area contributed by atoms with Gasteiger partial charge < -0.3 is 20.1 Å². The quantitative estimate of drug-likeness (QED) is 0.567. The van der Waals surface area contributed by atoms with Crippen LogP contribution in [0.2, 0.25) is 0 Å². The molecule has 0 aromatic heterocycles. The Bertz CT molecular complexity index is 1120. The Kier molecular flexibility index (Phi) is 6.55. The number of anilines is 1. The predicted octanol–water partition coefficient (Wildman–Crippen LogP) is 4.33. The molecule has 0 radical (unpaired) electrons. The van der Waals surface area contributed by atoms with Gasteiger partial charge in [0, 0.05) is 18.8 Å². The number of hydrogen-bond donors (Lipinski definition) is 2. The third-order valence-corrected chi connectivity index (χ3v) is 8.84. The van der Waals surface area contributed by atoms with Crippen LogP contribution in [0.25, 0.3) is 0 Å². The average molecular weight is 491 g/mol. The van der Waals surface area contributed by atoms with Gasteiger partial charge >= 0.3 is 6.03 Å². The Hall–Kier alpha value is -2.90. The zero-order valence-electron chi connectivity index (χ0n) is 21.7. The minimum atomic E-state index is -0.777. The lowest BCUT2D eigenvalue weighted by atomic mass is 9.68. The molecule has 36 heavy (non-hydrogen) atoms. The van der Waals surface area contributed by atoms with E-state index in [0.29, 0.717) is 18.8 Å². The summed E-state index contributed by atoms with van der Waals surface area (Å²) in [4.78, 5) is 22.0. The molecular formula is C29H38N4O3. The highest BCUT2D eigenvalue weighted by Gasteiger charge is 2.56. The summed E-state index contributed by atoms with van der Waals surface area (Å²) in [6, 6.07) is 16.4. The van der Waals surface area contributed by atoms with Crippen LogP contribution in [-0.2, 0) is 5.54 Å². The molecule has 2 aromatic rings. The number of methoxy groups -OCH3 is 1. The SMILES string of the molecule is C/N=C\c1ccc(N2C[C@]3(CC[C@@](NC)(c4ccccc4)CC3)N(CC3(O)CCC3)C2=O)c(OC)c1. The topological polar surface area (TPSA) is 77.4 Å². The van der Waals surface area contributed by atoms with E-state index in [1.807, 2.05) is 35.0 Å². The number of aliphatic hydroxyl groups is 1. The molecule has 0 atom stereocenters. The number of rotatable bonds is 7. The van der Waals surface area contributed by atoms with Gasteiger partial charge in [-0.15, -0.1) is 0 Å². The molecule has 2 saturated carbocycles. The molecule has 1 heterocycles. The van der Waals surface area contributed by atoms with Crippen molar-refractivity contribution in [2.75, 3.05) is 39.2 Å². The lowest BCUT2D eigenvalue weighted by molar-refractivity contribution is -0.0690. The van der Waals surface area contributed by atoms with E-state index in [4.69, 9.17) is 4.74 Å². The highest BCUT2D eigenvalue weighted by Crippen LogP contribution is 2.49. The van der Waals surface area contributed by atoms with Gasteiger partial charge in [-0.05, 0) is 75.3 Å². The summed E-state index contributed by atoms with van der Waals surface area (Å²) in [5.41, 5.74) is 1.78. The molecule has 1 saturated heterocycles.